The molecule has 6 nitrogen and oxygen atoms in total. The first-order valence-corrected chi connectivity index (χ1v) is 9.57. The van der Waals surface area contributed by atoms with Crippen molar-refractivity contribution in [3.05, 3.63) is 71.7 Å². The molecule has 1 atom stereocenters. The van der Waals surface area contributed by atoms with Crippen molar-refractivity contribution in [2.24, 2.45) is 0 Å². The summed E-state index contributed by atoms with van der Waals surface area (Å²) in [5.41, 5.74) is 10.5. The number of nitrogens with zero attached hydrogens (tertiary/aromatic N) is 1. The summed E-state index contributed by atoms with van der Waals surface area (Å²) in [7, 11) is 0. The van der Waals surface area contributed by atoms with Crippen LogP contribution in [0.25, 0.3) is 11.3 Å². The Morgan fingerprint density at radius 3 is 2.89 bits per heavy atom. The van der Waals surface area contributed by atoms with Crippen LogP contribution in [0.4, 0.5) is 5.69 Å². The lowest BCUT2D eigenvalue weighted by molar-refractivity contribution is -0.116. The summed E-state index contributed by atoms with van der Waals surface area (Å²) in [6, 6.07) is 16.3. The van der Waals surface area contributed by atoms with Gasteiger partial charge in [0.2, 0.25) is 5.91 Å². The number of aryl methyl sites for hydroxylation is 2. The van der Waals surface area contributed by atoms with Crippen molar-refractivity contribution in [2.45, 2.75) is 32.2 Å². The minimum atomic E-state index is -0.0512. The van der Waals surface area contributed by atoms with Crippen molar-refractivity contribution >= 4 is 11.6 Å². The smallest absolute Gasteiger partial charge is 0.224 e. The third-order valence-electron chi connectivity index (χ3n) is 4.86. The second-order valence-corrected chi connectivity index (χ2v) is 7.07. The Labute approximate surface area is 164 Å². The van der Waals surface area contributed by atoms with Gasteiger partial charge in [0.1, 0.15) is 0 Å². The van der Waals surface area contributed by atoms with Crippen LogP contribution in [0.2, 0.25) is 0 Å². The summed E-state index contributed by atoms with van der Waals surface area (Å²) in [6.07, 6.45) is 3.53. The molecule has 144 valence electrons. The fraction of sp³-hybridized carbons (Fsp3) is 0.273. The molecule has 6 heteroatoms. The summed E-state index contributed by atoms with van der Waals surface area (Å²) >= 11 is 0. The second kappa shape index (κ2) is 8.37. The summed E-state index contributed by atoms with van der Waals surface area (Å²) in [5, 5.41) is 2.96. The van der Waals surface area contributed by atoms with E-state index in [0.717, 1.165) is 30.0 Å². The van der Waals surface area contributed by atoms with E-state index in [1.54, 1.807) is 6.20 Å². The standard InChI is InChI=1S/C22H24N4O2/c1-15-5-7-16(8-6-15)20-14-23-22(28-20)10-9-21(27)25-18-4-2-3-17(13-18)19-11-12-24-26-19/h2-8,13-14,19,24,26H,9-12H2,1H3,(H,25,27). The predicted molar refractivity (Wildman–Crippen MR) is 109 cm³/mol. The van der Waals surface area contributed by atoms with Gasteiger partial charge in [-0.05, 0) is 31.0 Å². The summed E-state index contributed by atoms with van der Waals surface area (Å²) in [6.45, 7) is 2.99. The zero-order chi connectivity index (χ0) is 19.3. The maximum Gasteiger partial charge on any atom is 0.224 e. The third kappa shape index (κ3) is 4.47. The Kier molecular flexibility index (Phi) is 5.50. The van der Waals surface area contributed by atoms with Crippen molar-refractivity contribution in [1.29, 1.82) is 0 Å². The average Bonchev–Trinajstić information content (AvgIpc) is 3.40. The Bertz CT molecular complexity index is 943. The number of rotatable bonds is 6. The van der Waals surface area contributed by atoms with E-state index in [1.165, 1.54) is 11.1 Å². The largest absolute Gasteiger partial charge is 0.441 e. The molecule has 2 heterocycles. The van der Waals surface area contributed by atoms with Crippen LogP contribution in [0.15, 0.2) is 59.1 Å². The van der Waals surface area contributed by atoms with Gasteiger partial charge in [0, 0.05) is 36.7 Å². The Balaban J connectivity index is 1.32. The predicted octanol–water partition coefficient (Wildman–Crippen LogP) is 3.76. The SMILES string of the molecule is Cc1ccc(-c2cnc(CCC(=O)Nc3cccc(C4CCNN4)c3)o2)cc1. The lowest BCUT2D eigenvalue weighted by Crippen LogP contribution is -2.24. The number of oxazole rings is 1. The number of anilines is 1. The van der Waals surface area contributed by atoms with E-state index >= 15 is 0 Å². The van der Waals surface area contributed by atoms with Gasteiger partial charge in [0.15, 0.2) is 11.7 Å². The first kappa shape index (κ1) is 18.4. The number of hydrogen-bond acceptors (Lipinski definition) is 5. The van der Waals surface area contributed by atoms with Gasteiger partial charge >= 0.3 is 0 Å². The number of hydrogen-bond donors (Lipinski definition) is 3. The molecule has 28 heavy (non-hydrogen) atoms. The number of benzene rings is 2. The molecule has 3 N–H and O–H groups in total. The number of nitrogens with one attached hydrogen (secondary N) is 3. The normalized spacial score (nSPS) is 16.2. The molecule has 1 aliphatic rings. The highest BCUT2D eigenvalue weighted by Gasteiger charge is 2.16. The van der Waals surface area contributed by atoms with Gasteiger partial charge in [0.05, 0.1) is 6.20 Å². The minimum Gasteiger partial charge on any atom is -0.441 e. The Morgan fingerprint density at radius 2 is 2.11 bits per heavy atom. The van der Waals surface area contributed by atoms with E-state index in [4.69, 9.17) is 4.42 Å². The Morgan fingerprint density at radius 1 is 1.25 bits per heavy atom. The summed E-state index contributed by atoms with van der Waals surface area (Å²) in [5.74, 6) is 1.24. The molecule has 2 aromatic carbocycles. The number of carbonyl (C=O) groups excluding carboxylic acids is 1. The van der Waals surface area contributed by atoms with Crippen LogP contribution in [0, 0.1) is 6.92 Å². The molecule has 1 saturated heterocycles. The molecular formula is C22H24N4O2. The number of hydrazine groups is 1. The van der Waals surface area contributed by atoms with Gasteiger partial charge < -0.3 is 9.73 Å². The molecule has 1 aliphatic heterocycles. The van der Waals surface area contributed by atoms with E-state index in [1.807, 2.05) is 49.4 Å². The zero-order valence-corrected chi connectivity index (χ0v) is 15.9. The molecule has 0 spiro atoms. The van der Waals surface area contributed by atoms with Crippen molar-refractivity contribution in [1.82, 2.24) is 15.8 Å². The first-order valence-electron chi connectivity index (χ1n) is 9.57. The number of aromatic nitrogens is 1. The first-order chi connectivity index (χ1) is 13.7. The molecule has 4 rings (SSSR count). The molecule has 1 amide bonds. The maximum absolute atomic E-state index is 12.3. The highest BCUT2D eigenvalue weighted by atomic mass is 16.4. The zero-order valence-electron chi connectivity index (χ0n) is 15.9. The molecule has 0 saturated carbocycles. The van der Waals surface area contributed by atoms with Crippen LogP contribution in [-0.2, 0) is 11.2 Å². The fourth-order valence-electron chi connectivity index (χ4n) is 3.29. The quantitative estimate of drug-likeness (QED) is 0.610. The molecule has 1 aromatic heterocycles. The Hall–Kier alpha value is -2.96. The van der Waals surface area contributed by atoms with E-state index in [2.05, 4.69) is 27.2 Å². The molecule has 0 radical (unpaired) electrons. The van der Waals surface area contributed by atoms with Crippen LogP contribution < -0.4 is 16.2 Å². The van der Waals surface area contributed by atoms with Gasteiger partial charge in [-0.3, -0.25) is 15.6 Å². The van der Waals surface area contributed by atoms with Gasteiger partial charge in [-0.2, -0.15) is 0 Å². The highest BCUT2D eigenvalue weighted by Crippen LogP contribution is 2.23. The molecule has 0 aliphatic carbocycles. The fourth-order valence-corrected chi connectivity index (χ4v) is 3.29. The average molecular weight is 376 g/mol. The molecular weight excluding hydrogens is 352 g/mol. The topological polar surface area (TPSA) is 79.2 Å². The summed E-state index contributed by atoms with van der Waals surface area (Å²) < 4.78 is 5.79. The highest BCUT2D eigenvalue weighted by molar-refractivity contribution is 5.90. The van der Waals surface area contributed by atoms with E-state index in [-0.39, 0.29) is 11.9 Å². The lowest BCUT2D eigenvalue weighted by atomic mass is 10.0. The van der Waals surface area contributed by atoms with Crippen molar-refractivity contribution in [2.75, 3.05) is 11.9 Å². The van der Waals surface area contributed by atoms with Gasteiger partial charge in [-0.1, -0.05) is 42.0 Å². The monoisotopic (exact) mass is 376 g/mol. The van der Waals surface area contributed by atoms with Crippen LogP contribution in [0.1, 0.15) is 35.9 Å². The van der Waals surface area contributed by atoms with E-state index in [0.29, 0.717) is 18.7 Å². The molecule has 3 aromatic rings. The van der Waals surface area contributed by atoms with Crippen molar-refractivity contribution < 1.29 is 9.21 Å². The van der Waals surface area contributed by atoms with Crippen molar-refractivity contribution in [3.63, 3.8) is 0 Å². The lowest BCUT2D eigenvalue weighted by Gasteiger charge is -2.12. The van der Waals surface area contributed by atoms with Gasteiger partial charge in [0.25, 0.3) is 0 Å². The van der Waals surface area contributed by atoms with Gasteiger partial charge in [-0.15, -0.1) is 0 Å². The van der Waals surface area contributed by atoms with Crippen LogP contribution in [0.5, 0.6) is 0 Å². The number of amides is 1. The maximum atomic E-state index is 12.3. The third-order valence-corrected chi connectivity index (χ3v) is 4.86. The minimum absolute atomic E-state index is 0.0512. The van der Waals surface area contributed by atoms with Crippen LogP contribution >= 0.6 is 0 Å². The van der Waals surface area contributed by atoms with Gasteiger partial charge in [-0.25, -0.2) is 4.98 Å². The molecule has 0 bridgehead atoms. The van der Waals surface area contributed by atoms with Crippen molar-refractivity contribution in [3.8, 4) is 11.3 Å². The van der Waals surface area contributed by atoms with E-state index in [9.17, 15) is 4.79 Å². The molecule has 1 fully saturated rings. The molecule has 1 unspecified atom stereocenters. The summed E-state index contributed by atoms with van der Waals surface area (Å²) in [4.78, 5) is 16.6. The van der Waals surface area contributed by atoms with Crippen LogP contribution in [0.3, 0.4) is 0 Å². The van der Waals surface area contributed by atoms with E-state index < -0.39 is 0 Å². The number of carbonyl (C=O) groups is 1. The second-order valence-electron chi connectivity index (χ2n) is 7.07. The van der Waals surface area contributed by atoms with Crippen LogP contribution in [-0.4, -0.2) is 17.4 Å².